The number of hydrogen-bond donors (Lipinski definition) is 1. The molecule has 0 bridgehead atoms. The lowest BCUT2D eigenvalue weighted by atomic mass is 9.89. The van der Waals surface area contributed by atoms with Crippen molar-refractivity contribution in [2.75, 3.05) is 28.4 Å². The summed E-state index contributed by atoms with van der Waals surface area (Å²) in [5, 5.41) is 10.4. The predicted molar refractivity (Wildman–Crippen MR) is 144 cm³/mol. The third-order valence-corrected chi connectivity index (χ3v) is 6.57. The van der Waals surface area contributed by atoms with Gasteiger partial charge in [0.1, 0.15) is 11.0 Å². The summed E-state index contributed by atoms with van der Waals surface area (Å²) in [4.78, 5) is 38.6. The van der Waals surface area contributed by atoms with Gasteiger partial charge in [0.05, 0.1) is 51.3 Å². The number of allylic oxidation sites excluding steroid dienone is 1. The Morgan fingerprint density at radius 2 is 1.38 bits per heavy atom. The first kappa shape index (κ1) is 27.3. The molecule has 4 aromatic rings. The minimum Gasteiger partial charge on any atom is -0.493 e. The molecule has 0 saturated carbocycles. The standard InChI is InChI=1S/C28H24N2O8S/c1-35-22-13-18(14-23(36-2)26(22)37-3)25(31)19(11-15-5-7-16(8-6-15)28(34)38-4)24(27(32)33)17-9-10-20-21(12-17)30-39-29-20/h5-10,12-14H,11H2,1-4H3,(H,32,33). The first-order valence-electron chi connectivity index (χ1n) is 11.5. The maximum absolute atomic E-state index is 14.1. The Bertz CT molecular complexity index is 1570. The number of carbonyl (C=O) groups excluding carboxylic acids is 2. The second kappa shape index (κ2) is 11.7. The predicted octanol–water partition coefficient (Wildman–Crippen LogP) is 4.47. The molecule has 10 nitrogen and oxygen atoms in total. The van der Waals surface area contributed by atoms with Crippen molar-refractivity contribution in [3.8, 4) is 17.2 Å². The molecule has 39 heavy (non-hydrogen) atoms. The molecule has 0 spiro atoms. The first-order valence-corrected chi connectivity index (χ1v) is 12.2. The van der Waals surface area contributed by atoms with Gasteiger partial charge < -0.3 is 24.1 Å². The molecule has 0 radical (unpaired) electrons. The van der Waals surface area contributed by atoms with Gasteiger partial charge >= 0.3 is 11.9 Å². The highest BCUT2D eigenvalue weighted by molar-refractivity contribution is 7.00. The number of esters is 1. The first-order chi connectivity index (χ1) is 18.8. The number of rotatable bonds is 10. The summed E-state index contributed by atoms with van der Waals surface area (Å²) >= 11 is 1.01. The van der Waals surface area contributed by atoms with E-state index in [9.17, 15) is 19.5 Å². The molecule has 200 valence electrons. The molecule has 0 fully saturated rings. The number of nitrogens with zero attached hydrogens (tertiary/aromatic N) is 2. The van der Waals surface area contributed by atoms with Gasteiger partial charge in [-0.25, -0.2) is 9.59 Å². The number of ketones is 1. The van der Waals surface area contributed by atoms with E-state index in [4.69, 9.17) is 18.9 Å². The molecule has 0 atom stereocenters. The number of carbonyl (C=O) groups is 3. The second-order valence-corrected chi connectivity index (χ2v) is 8.76. The van der Waals surface area contributed by atoms with Crippen LogP contribution in [-0.2, 0) is 16.0 Å². The Labute approximate surface area is 227 Å². The molecular weight excluding hydrogens is 524 g/mol. The van der Waals surface area contributed by atoms with E-state index in [1.807, 2.05) is 0 Å². The SMILES string of the molecule is COC(=O)c1ccc(CC(C(=O)c2cc(OC)c(OC)c(OC)c2)=C(C(=O)O)c2ccc3nsnc3c2)cc1. The minimum absolute atomic E-state index is 0.00475. The molecule has 4 rings (SSSR count). The van der Waals surface area contributed by atoms with Gasteiger partial charge in [-0.15, -0.1) is 0 Å². The summed E-state index contributed by atoms with van der Waals surface area (Å²) in [5.74, 6) is -1.58. The minimum atomic E-state index is -1.29. The van der Waals surface area contributed by atoms with Gasteiger partial charge in [-0.1, -0.05) is 18.2 Å². The Hall–Kier alpha value is -4.77. The second-order valence-electron chi connectivity index (χ2n) is 8.23. The molecule has 0 aliphatic rings. The average Bonchev–Trinajstić information content (AvgIpc) is 3.43. The Kier molecular flexibility index (Phi) is 8.21. The number of methoxy groups -OCH3 is 4. The van der Waals surface area contributed by atoms with Crippen LogP contribution in [0.1, 0.15) is 31.8 Å². The molecule has 1 N–H and O–H groups in total. The van der Waals surface area contributed by atoms with E-state index in [0.29, 0.717) is 33.5 Å². The number of aromatic nitrogens is 2. The van der Waals surface area contributed by atoms with Crippen LogP contribution in [0.4, 0.5) is 0 Å². The molecule has 0 saturated heterocycles. The van der Waals surface area contributed by atoms with E-state index in [-0.39, 0.29) is 34.6 Å². The van der Waals surface area contributed by atoms with Crippen LogP contribution in [0.2, 0.25) is 0 Å². The van der Waals surface area contributed by atoms with Crippen LogP contribution in [0.3, 0.4) is 0 Å². The fraction of sp³-hybridized carbons (Fsp3) is 0.179. The van der Waals surface area contributed by atoms with Crippen molar-refractivity contribution >= 4 is 46.1 Å². The number of aliphatic carboxylic acids is 1. The van der Waals surface area contributed by atoms with E-state index in [0.717, 1.165) is 11.7 Å². The van der Waals surface area contributed by atoms with Crippen molar-refractivity contribution in [1.82, 2.24) is 8.75 Å². The van der Waals surface area contributed by atoms with Gasteiger partial charge in [0.2, 0.25) is 5.75 Å². The topological polar surface area (TPSA) is 134 Å². The molecule has 1 aromatic heterocycles. The Morgan fingerprint density at radius 1 is 0.769 bits per heavy atom. The quantitative estimate of drug-likeness (QED) is 0.172. The fourth-order valence-corrected chi connectivity index (χ4v) is 4.63. The van der Waals surface area contributed by atoms with Crippen molar-refractivity contribution in [2.45, 2.75) is 6.42 Å². The maximum atomic E-state index is 14.1. The van der Waals surface area contributed by atoms with Crippen LogP contribution in [0.25, 0.3) is 16.6 Å². The largest absolute Gasteiger partial charge is 0.493 e. The summed E-state index contributed by atoms with van der Waals surface area (Å²) in [6.07, 6.45) is -0.0497. The van der Waals surface area contributed by atoms with Gasteiger partial charge in [-0.05, 0) is 47.5 Å². The zero-order valence-corrected chi connectivity index (χ0v) is 22.3. The molecule has 3 aromatic carbocycles. The molecule has 0 aliphatic heterocycles. The molecular formula is C28H24N2O8S. The highest BCUT2D eigenvalue weighted by Crippen LogP contribution is 2.39. The third kappa shape index (κ3) is 5.58. The van der Waals surface area contributed by atoms with E-state index in [1.54, 1.807) is 42.5 Å². The molecule has 0 amide bonds. The van der Waals surface area contributed by atoms with Crippen molar-refractivity contribution in [2.24, 2.45) is 0 Å². The Balaban J connectivity index is 1.92. The van der Waals surface area contributed by atoms with Gasteiger partial charge in [-0.2, -0.15) is 8.75 Å². The number of Topliss-reactive ketones (excluding diaryl/α,β-unsaturated/α-hetero) is 1. The van der Waals surface area contributed by atoms with E-state index >= 15 is 0 Å². The molecule has 11 heteroatoms. The number of carboxylic acid groups (broad SMARTS) is 1. The number of fused-ring (bicyclic) bond motifs is 1. The van der Waals surface area contributed by atoms with Crippen LogP contribution in [0.5, 0.6) is 17.2 Å². The van der Waals surface area contributed by atoms with Crippen LogP contribution >= 0.6 is 11.7 Å². The normalized spacial score (nSPS) is 11.5. The lowest BCUT2D eigenvalue weighted by Crippen LogP contribution is -2.14. The van der Waals surface area contributed by atoms with Crippen LogP contribution in [0, 0.1) is 0 Å². The number of ether oxygens (including phenoxy) is 4. The fourth-order valence-electron chi connectivity index (χ4n) is 4.11. The van der Waals surface area contributed by atoms with Gasteiger partial charge in [0.15, 0.2) is 17.3 Å². The average molecular weight is 549 g/mol. The van der Waals surface area contributed by atoms with Crippen molar-refractivity contribution in [1.29, 1.82) is 0 Å². The highest BCUT2D eigenvalue weighted by atomic mass is 32.1. The van der Waals surface area contributed by atoms with Crippen LogP contribution < -0.4 is 14.2 Å². The summed E-state index contributed by atoms with van der Waals surface area (Å²) in [7, 11) is 5.56. The lowest BCUT2D eigenvalue weighted by Gasteiger charge is -2.16. The summed E-state index contributed by atoms with van der Waals surface area (Å²) in [6.45, 7) is 0. The zero-order valence-electron chi connectivity index (χ0n) is 21.5. The lowest BCUT2D eigenvalue weighted by molar-refractivity contribution is -0.130. The van der Waals surface area contributed by atoms with Crippen molar-refractivity contribution in [3.63, 3.8) is 0 Å². The maximum Gasteiger partial charge on any atom is 0.337 e. The highest BCUT2D eigenvalue weighted by Gasteiger charge is 2.26. The third-order valence-electron chi connectivity index (χ3n) is 6.02. The zero-order chi connectivity index (χ0) is 28.1. The molecule has 0 aliphatic carbocycles. The number of carboxylic acids is 1. The summed E-state index contributed by atoms with van der Waals surface area (Å²) in [6, 6.07) is 14.2. The van der Waals surface area contributed by atoms with Gasteiger partial charge in [0, 0.05) is 17.6 Å². The summed E-state index contributed by atoms with van der Waals surface area (Å²) in [5.41, 5.74) is 2.30. The Morgan fingerprint density at radius 3 is 1.95 bits per heavy atom. The van der Waals surface area contributed by atoms with Crippen LogP contribution in [0.15, 0.2) is 60.2 Å². The van der Waals surface area contributed by atoms with E-state index < -0.39 is 17.7 Å². The van der Waals surface area contributed by atoms with Crippen molar-refractivity contribution < 1.29 is 38.4 Å². The van der Waals surface area contributed by atoms with Crippen LogP contribution in [-0.4, -0.2) is 60.0 Å². The number of hydrogen-bond acceptors (Lipinski definition) is 10. The van der Waals surface area contributed by atoms with Gasteiger partial charge in [-0.3, -0.25) is 4.79 Å². The number of benzene rings is 3. The van der Waals surface area contributed by atoms with E-state index in [2.05, 4.69) is 8.75 Å². The van der Waals surface area contributed by atoms with Gasteiger partial charge in [0.25, 0.3) is 0 Å². The molecule has 1 heterocycles. The monoisotopic (exact) mass is 548 g/mol. The summed E-state index contributed by atoms with van der Waals surface area (Å²) < 4.78 is 29.3. The van der Waals surface area contributed by atoms with Crippen molar-refractivity contribution in [3.05, 3.63) is 82.4 Å². The smallest absolute Gasteiger partial charge is 0.337 e. The van der Waals surface area contributed by atoms with E-state index in [1.165, 1.54) is 40.6 Å². The molecule has 0 unspecified atom stereocenters.